The molecule has 0 saturated carbocycles. The van der Waals surface area contributed by atoms with Crippen LogP contribution in [0, 0.1) is 0 Å². The normalized spacial score (nSPS) is 10.9. The molecule has 0 aliphatic carbocycles. The van der Waals surface area contributed by atoms with Gasteiger partial charge in [-0.15, -0.1) is 11.6 Å². The minimum absolute atomic E-state index is 0.0888. The van der Waals surface area contributed by atoms with Crippen molar-refractivity contribution in [3.63, 3.8) is 0 Å². The van der Waals surface area contributed by atoms with E-state index in [1.807, 2.05) is 30.3 Å². The lowest BCUT2D eigenvalue weighted by Crippen LogP contribution is -2.05. The van der Waals surface area contributed by atoms with Crippen molar-refractivity contribution in [3.05, 3.63) is 66.1 Å². The number of benzene rings is 2. The van der Waals surface area contributed by atoms with Crippen molar-refractivity contribution in [2.45, 2.75) is 19.1 Å². The van der Waals surface area contributed by atoms with Crippen LogP contribution in [0.5, 0.6) is 11.5 Å². The molecular weight excluding hydrogens is 352 g/mol. The summed E-state index contributed by atoms with van der Waals surface area (Å²) in [5.74, 6) is 0.581. The zero-order valence-electron chi connectivity index (χ0n) is 13.0. The van der Waals surface area contributed by atoms with Crippen molar-refractivity contribution in [1.82, 2.24) is 4.98 Å². The van der Waals surface area contributed by atoms with Crippen molar-refractivity contribution < 1.29 is 22.7 Å². The lowest BCUT2D eigenvalue weighted by molar-refractivity contribution is -0.0515. The standard InChI is InChI=1S/C18H14ClF2NO3/c19-9-14-11-24-17(22-14)13-6-7-15(16(8-13)25-18(20)21)23-10-12-4-2-1-3-5-12/h1-8,11,18H,9-10H2. The molecule has 0 amide bonds. The number of oxazole rings is 1. The van der Waals surface area contributed by atoms with Crippen LogP contribution < -0.4 is 9.47 Å². The zero-order chi connectivity index (χ0) is 17.6. The Labute approximate surface area is 148 Å². The van der Waals surface area contributed by atoms with Gasteiger partial charge >= 0.3 is 6.61 Å². The molecule has 0 radical (unpaired) electrons. The van der Waals surface area contributed by atoms with Crippen molar-refractivity contribution in [2.75, 3.05) is 0 Å². The van der Waals surface area contributed by atoms with Gasteiger partial charge < -0.3 is 13.9 Å². The molecule has 25 heavy (non-hydrogen) atoms. The molecule has 3 rings (SSSR count). The Hall–Kier alpha value is -2.60. The molecule has 1 heterocycles. The first-order valence-electron chi connectivity index (χ1n) is 7.42. The second-order valence-electron chi connectivity index (χ2n) is 5.09. The van der Waals surface area contributed by atoms with E-state index in [-0.39, 0.29) is 29.9 Å². The highest BCUT2D eigenvalue weighted by atomic mass is 35.5. The molecule has 4 nitrogen and oxygen atoms in total. The molecule has 0 aliphatic heterocycles. The van der Waals surface area contributed by atoms with Crippen LogP contribution in [-0.2, 0) is 12.5 Å². The predicted molar refractivity (Wildman–Crippen MR) is 88.9 cm³/mol. The Bertz CT molecular complexity index is 824. The summed E-state index contributed by atoms with van der Waals surface area (Å²) in [4.78, 5) is 4.16. The van der Waals surface area contributed by atoms with E-state index in [1.54, 1.807) is 12.1 Å². The number of nitrogens with zero attached hydrogens (tertiary/aromatic N) is 1. The number of halogens is 3. The van der Waals surface area contributed by atoms with Gasteiger partial charge in [-0.25, -0.2) is 4.98 Å². The molecule has 0 unspecified atom stereocenters. The predicted octanol–water partition coefficient (Wildman–Crippen LogP) is 5.26. The average Bonchev–Trinajstić information content (AvgIpc) is 3.10. The summed E-state index contributed by atoms with van der Waals surface area (Å²) in [6.07, 6.45) is 1.41. The van der Waals surface area contributed by atoms with Crippen LogP contribution in [0.4, 0.5) is 8.78 Å². The average molecular weight is 366 g/mol. The van der Waals surface area contributed by atoms with Gasteiger partial charge in [0, 0.05) is 5.56 Å². The second-order valence-corrected chi connectivity index (χ2v) is 5.36. The molecule has 1 aromatic heterocycles. The van der Waals surface area contributed by atoms with Gasteiger partial charge in [0.05, 0.1) is 11.6 Å². The third-order valence-electron chi connectivity index (χ3n) is 3.33. The highest BCUT2D eigenvalue weighted by Gasteiger charge is 2.15. The number of aromatic nitrogens is 1. The molecule has 0 aliphatic rings. The molecule has 0 atom stereocenters. The van der Waals surface area contributed by atoms with Gasteiger partial charge in [0.2, 0.25) is 5.89 Å². The molecule has 0 spiro atoms. The molecule has 0 N–H and O–H groups in total. The number of alkyl halides is 3. The van der Waals surface area contributed by atoms with Crippen molar-refractivity contribution in [3.8, 4) is 23.0 Å². The van der Waals surface area contributed by atoms with Crippen molar-refractivity contribution in [2.24, 2.45) is 0 Å². The lowest BCUT2D eigenvalue weighted by Gasteiger charge is -2.13. The van der Waals surface area contributed by atoms with Gasteiger partial charge in [-0.2, -0.15) is 8.78 Å². The number of hydrogen-bond donors (Lipinski definition) is 0. The van der Waals surface area contributed by atoms with Crippen LogP contribution in [0.25, 0.3) is 11.5 Å². The maximum atomic E-state index is 12.7. The number of ether oxygens (including phenoxy) is 2. The monoisotopic (exact) mass is 365 g/mol. The van der Waals surface area contributed by atoms with E-state index >= 15 is 0 Å². The Kier molecular flexibility index (Phi) is 5.50. The van der Waals surface area contributed by atoms with Gasteiger partial charge in [-0.05, 0) is 23.8 Å². The van der Waals surface area contributed by atoms with Gasteiger partial charge in [0.25, 0.3) is 0 Å². The first-order valence-corrected chi connectivity index (χ1v) is 7.95. The number of rotatable bonds is 7. The van der Waals surface area contributed by atoms with E-state index in [1.165, 1.54) is 12.3 Å². The Morgan fingerprint density at radius 1 is 1.08 bits per heavy atom. The quantitative estimate of drug-likeness (QED) is 0.536. The summed E-state index contributed by atoms with van der Waals surface area (Å²) in [7, 11) is 0. The molecule has 7 heteroatoms. The minimum Gasteiger partial charge on any atom is -0.485 e. The Balaban J connectivity index is 1.84. The van der Waals surface area contributed by atoms with E-state index in [9.17, 15) is 8.78 Å². The SMILES string of the molecule is FC(F)Oc1cc(-c2nc(CCl)co2)ccc1OCc1ccccc1. The Morgan fingerprint density at radius 2 is 1.88 bits per heavy atom. The van der Waals surface area contributed by atoms with Gasteiger partial charge in [0.15, 0.2) is 11.5 Å². The maximum Gasteiger partial charge on any atom is 0.387 e. The van der Waals surface area contributed by atoms with Crippen LogP contribution in [0.3, 0.4) is 0 Å². The smallest absolute Gasteiger partial charge is 0.387 e. The maximum absolute atomic E-state index is 12.7. The highest BCUT2D eigenvalue weighted by molar-refractivity contribution is 6.16. The summed E-state index contributed by atoms with van der Waals surface area (Å²) in [6.45, 7) is -2.74. The van der Waals surface area contributed by atoms with Crippen LogP contribution in [0.1, 0.15) is 11.3 Å². The lowest BCUT2D eigenvalue weighted by atomic mass is 10.2. The topological polar surface area (TPSA) is 44.5 Å². The fourth-order valence-corrected chi connectivity index (χ4v) is 2.31. The van der Waals surface area contributed by atoms with Crippen LogP contribution in [0.2, 0.25) is 0 Å². The van der Waals surface area contributed by atoms with Crippen LogP contribution in [0.15, 0.2) is 59.2 Å². The molecule has 2 aromatic carbocycles. The fourth-order valence-electron chi connectivity index (χ4n) is 2.18. The van der Waals surface area contributed by atoms with E-state index in [0.29, 0.717) is 11.3 Å². The van der Waals surface area contributed by atoms with E-state index in [4.69, 9.17) is 20.8 Å². The first kappa shape index (κ1) is 17.2. The molecular formula is C18H14ClF2NO3. The third-order valence-corrected chi connectivity index (χ3v) is 3.61. The first-order chi connectivity index (χ1) is 12.2. The third kappa shape index (κ3) is 4.48. The summed E-state index contributed by atoms with van der Waals surface area (Å²) in [5, 5.41) is 0. The summed E-state index contributed by atoms with van der Waals surface area (Å²) in [5.41, 5.74) is 1.95. The molecule has 0 saturated heterocycles. The van der Waals surface area contributed by atoms with Crippen molar-refractivity contribution in [1.29, 1.82) is 0 Å². The summed E-state index contributed by atoms with van der Waals surface area (Å²) >= 11 is 5.69. The fraction of sp³-hybridized carbons (Fsp3) is 0.167. The molecule has 0 fully saturated rings. The van der Waals surface area contributed by atoms with Crippen LogP contribution in [-0.4, -0.2) is 11.6 Å². The zero-order valence-corrected chi connectivity index (χ0v) is 13.7. The Morgan fingerprint density at radius 3 is 2.56 bits per heavy atom. The summed E-state index contributed by atoms with van der Waals surface area (Å²) in [6, 6.07) is 14.0. The van der Waals surface area contributed by atoms with Gasteiger partial charge in [-0.1, -0.05) is 30.3 Å². The van der Waals surface area contributed by atoms with Gasteiger partial charge in [0.1, 0.15) is 12.9 Å². The van der Waals surface area contributed by atoms with E-state index in [0.717, 1.165) is 5.56 Å². The number of hydrogen-bond acceptors (Lipinski definition) is 4. The molecule has 3 aromatic rings. The summed E-state index contributed by atoms with van der Waals surface area (Å²) < 4.78 is 40.9. The van der Waals surface area contributed by atoms with E-state index < -0.39 is 6.61 Å². The minimum atomic E-state index is -2.97. The second kappa shape index (κ2) is 7.98. The molecule has 0 bridgehead atoms. The van der Waals surface area contributed by atoms with Gasteiger partial charge in [-0.3, -0.25) is 0 Å². The van der Waals surface area contributed by atoms with Crippen LogP contribution >= 0.6 is 11.6 Å². The van der Waals surface area contributed by atoms with Crippen molar-refractivity contribution >= 4 is 11.6 Å². The molecule has 130 valence electrons. The largest absolute Gasteiger partial charge is 0.485 e. The van der Waals surface area contributed by atoms with E-state index in [2.05, 4.69) is 9.72 Å². The highest BCUT2D eigenvalue weighted by Crippen LogP contribution is 2.34.